The third kappa shape index (κ3) is 5.27. The molecule has 1 aromatic rings. The lowest BCUT2D eigenvalue weighted by Crippen LogP contribution is -2.51. The van der Waals surface area contributed by atoms with Crippen LogP contribution in [-0.2, 0) is 11.2 Å². The van der Waals surface area contributed by atoms with Crippen LogP contribution in [-0.4, -0.2) is 84.4 Å². The summed E-state index contributed by atoms with van der Waals surface area (Å²) in [6.45, 7) is 2.23. The number of carbonyl (C=O) groups is 1. The summed E-state index contributed by atoms with van der Waals surface area (Å²) in [5.41, 5.74) is -0.152. The molecule has 0 radical (unpaired) electrons. The van der Waals surface area contributed by atoms with Crippen molar-refractivity contribution in [1.82, 2.24) is 15.1 Å². The lowest BCUT2D eigenvalue weighted by Gasteiger charge is -2.26. The minimum absolute atomic E-state index is 0.0258. The number of likely N-dealkylation sites (tertiary alicyclic amines) is 1. The van der Waals surface area contributed by atoms with Gasteiger partial charge in [0.15, 0.2) is 0 Å². The fourth-order valence-electron chi connectivity index (χ4n) is 2.90. The molecule has 2 rings (SSSR count). The molecule has 1 heterocycles. The predicted octanol–water partition coefficient (Wildman–Crippen LogP) is -0.295. The zero-order chi connectivity index (χ0) is 17.6. The topological polar surface area (TPSA) is 76.0 Å². The van der Waals surface area contributed by atoms with E-state index in [1.54, 1.807) is 4.90 Å². The summed E-state index contributed by atoms with van der Waals surface area (Å²) in [6, 6.07) is 9.86. The highest BCUT2D eigenvalue weighted by molar-refractivity contribution is 5.77. The Labute approximate surface area is 144 Å². The lowest BCUT2D eigenvalue weighted by atomic mass is 10.0. The molecular formula is C18H29N3O3. The van der Waals surface area contributed by atoms with Crippen LogP contribution >= 0.6 is 0 Å². The number of hydrogen-bond donors (Lipinski definition) is 3. The van der Waals surface area contributed by atoms with Gasteiger partial charge < -0.3 is 25.3 Å². The molecule has 6 heteroatoms. The van der Waals surface area contributed by atoms with Crippen LogP contribution in [0, 0.1) is 0 Å². The summed E-state index contributed by atoms with van der Waals surface area (Å²) in [4.78, 5) is 16.0. The van der Waals surface area contributed by atoms with E-state index >= 15 is 0 Å². The predicted molar refractivity (Wildman–Crippen MR) is 93.7 cm³/mol. The monoisotopic (exact) mass is 335 g/mol. The second-order valence-corrected chi connectivity index (χ2v) is 6.86. The van der Waals surface area contributed by atoms with E-state index in [0.29, 0.717) is 12.8 Å². The van der Waals surface area contributed by atoms with Crippen LogP contribution in [0.3, 0.4) is 0 Å². The molecule has 134 valence electrons. The highest BCUT2D eigenvalue weighted by Gasteiger charge is 2.45. The summed E-state index contributed by atoms with van der Waals surface area (Å²) < 4.78 is 0. The molecule has 1 amide bonds. The molecule has 1 saturated heterocycles. The van der Waals surface area contributed by atoms with E-state index in [9.17, 15) is 15.0 Å². The van der Waals surface area contributed by atoms with Crippen molar-refractivity contribution in [3.63, 3.8) is 0 Å². The fourth-order valence-corrected chi connectivity index (χ4v) is 2.90. The number of rotatable bonds is 8. The SMILES string of the molecule is CN(C)CCNC[C@]1(O)CN(C(=O)CCc2ccccc2)C[C@H]1O. The van der Waals surface area contributed by atoms with Gasteiger partial charge in [-0.2, -0.15) is 0 Å². The zero-order valence-corrected chi connectivity index (χ0v) is 14.6. The largest absolute Gasteiger partial charge is 0.388 e. The van der Waals surface area contributed by atoms with E-state index < -0.39 is 11.7 Å². The number of aliphatic hydroxyl groups is 2. The van der Waals surface area contributed by atoms with Gasteiger partial charge in [0.05, 0.1) is 6.54 Å². The molecule has 2 atom stereocenters. The molecule has 0 aromatic heterocycles. The van der Waals surface area contributed by atoms with Gasteiger partial charge in [0, 0.05) is 32.6 Å². The van der Waals surface area contributed by atoms with Gasteiger partial charge in [-0.25, -0.2) is 0 Å². The number of carbonyl (C=O) groups excluding carboxylic acids is 1. The normalized spacial score (nSPS) is 23.9. The van der Waals surface area contributed by atoms with Crippen LogP contribution in [0.2, 0.25) is 0 Å². The Morgan fingerprint density at radius 3 is 2.75 bits per heavy atom. The number of aliphatic hydroxyl groups excluding tert-OH is 1. The molecule has 1 aliphatic rings. The summed E-state index contributed by atoms with van der Waals surface area (Å²) >= 11 is 0. The van der Waals surface area contributed by atoms with Crippen LogP contribution in [0.15, 0.2) is 30.3 Å². The minimum Gasteiger partial charge on any atom is -0.388 e. The molecule has 1 aliphatic heterocycles. The molecule has 0 aliphatic carbocycles. The summed E-state index contributed by atoms with van der Waals surface area (Å²) in [6.07, 6.45) is 0.150. The molecule has 0 spiro atoms. The van der Waals surface area contributed by atoms with Gasteiger partial charge in [0.25, 0.3) is 0 Å². The van der Waals surface area contributed by atoms with Crippen LogP contribution < -0.4 is 5.32 Å². The van der Waals surface area contributed by atoms with Crippen LogP contribution in [0.1, 0.15) is 12.0 Å². The smallest absolute Gasteiger partial charge is 0.223 e. The lowest BCUT2D eigenvalue weighted by molar-refractivity contribution is -0.131. The molecule has 1 aromatic carbocycles. The van der Waals surface area contributed by atoms with Crippen molar-refractivity contribution in [1.29, 1.82) is 0 Å². The third-order valence-electron chi connectivity index (χ3n) is 4.47. The van der Waals surface area contributed by atoms with E-state index in [-0.39, 0.29) is 25.5 Å². The number of nitrogens with one attached hydrogen (secondary N) is 1. The van der Waals surface area contributed by atoms with Crippen molar-refractivity contribution >= 4 is 5.91 Å². The van der Waals surface area contributed by atoms with Gasteiger partial charge in [-0.3, -0.25) is 4.79 Å². The van der Waals surface area contributed by atoms with Gasteiger partial charge in [-0.05, 0) is 26.1 Å². The molecular weight excluding hydrogens is 306 g/mol. The first-order chi connectivity index (χ1) is 11.4. The first kappa shape index (κ1) is 18.9. The van der Waals surface area contributed by atoms with Crippen LogP contribution in [0.25, 0.3) is 0 Å². The summed E-state index contributed by atoms with van der Waals surface area (Å²) in [5.74, 6) is -0.0258. The average molecular weight is 335 g/mol. The van der Waals surface area contributed by atoms with Gasteiger partial charge in [-0.1, -0.05) is 30.3 Å². The van der Waals surface area contributed by atoms with E-state index in [1.165, 1.54) is 0 Å². The van der Waals surface area contributed by atoms with E-state index in [2.05, 4.69) is 5.32 Å². The Balaban J connectivity index is 1.79. The van der Waals surface area contributed by atoms with Crippen molar-refractivity contribution in [2.75, 3.05) is 46.8 Å². The Morgan fingerprint density at radius 1 is 1.38 bits per heavy atom. The maximum atomic E-state index is 12.3. The van der Waals surface area contributed by atoms with Crippen molar-refractivity contribution in [3.05, 3.63) is 35.9 Å². The molecule has 0 unspecified atom stereocenters. The van der Waals surface area contributed by atoms with Crippen LogP contribution in [0.4, 0.5) is 0 Å². The molecule has 0 saturated carbocycles. The second-order valence-electron chi connectivity index (χ2n) is 6.86. The highest BCUT2D eigenvalue weighted by atomic mass is 16.3. The van der Waals surface area contributed by atoms with Gasteiger partial charge in [0.2, 0.25) is 5.91 Å². The average Bonchev–Trinajstić information content (AvgIpc) is 2.86. The number of hydrogen-bond acceptors (Lipinski definition) is 5. The van der Waals surface area contributed by atoms with Gasteiger partial charge >= 0.3 is 0 Å². The van der Waals surface area contributed by atoms with Gasteiger partial charge in [0.1, 0.15) is 11.7 Å². The third-order valence-corrected chi connectivity index (χ3v) is 4.47. The Bertz CT molecular complexity index is 524. The molecule has 0 bridgehead atoms. The van der Waals surface area contributed by atoms with Gasteiger partial charge in [-0.15, -0.1) is 0 Å². The quantitative estimate of drug-likeness (QED) is 0.569. The maximum Gasteiger partial charge on any atom is 0.223 e. The summed E-state index contributed by atoms with van der Waals surface area (Å²) in [5, 5.41) is 23.9. The maximum absolute atomic E-state index is 12.3. The Hall–Kier alpha value is -1.47. The van der Waals surface area contributed by atoms with Crippen molar-refractivity contribution in [2.24, 2.45) is 0 Å². The standard InChI is InChI=1S/C18H29N3O3/c1-20(2)11-10-19-13-18(24)14-21(12-16(18)22)17(23)9-8-15-6-4-3-5-7-15/h3-7,16,19,22,24H,8-14H2,1-2H3/t16-,18+/m1/s1. The summed E-state index contributed by atoms with van der Waals surface area (Å²) in [7, 11) is 3.96. The Morgan fingerprint density at radius 2 is 2.08 bits per heavy atom. The van der Waals surface area contributed by atoms with E-state index in [1.807, 2.05) is 49.3 Å². The number of aryl methyl sites for hydroxylation is 1. The molecule has 3 N–H and O–H groups in total. The fraction of sp³-hybridized carbons (Fsp3) is 0.611. The molecule has 24 heavy (non-hydrogen) atoms. The number of benzene rings is 1. The number of amides is 1. The highest BCUT2D eigenvalue weighted by Crippen LogP contribution is 2.22. The van der Waals surface area contributed by atoms with Crippen molar-refractivity contribution in [2.45, 2.75) is 24.5 Å². The zero-order valence-electron chi connectivity index (χ0n) is 14.6. The van der Waals surface area contributed by atoms with E-state index in [4.69, 9.17) is 0 Å². The second kappa shape index (κ2) is 8.58. The van der Waals surface area contributed by atoms with Crippen LogP contribution in [0.5, 0.6) is 0 Å². The molecule has 1 fully saturated rings. The van der Waals surface area contributed by atoms with Crippen molar-refractivity contribution < 1.29 is 15.0 Å². The number of β-amino-alcohol motifs (C(OH)–C–C–N with tert-alkyl or cyclic N) is 2. The number of nitrogens with zero attached hydrogens (tertiary/aromatic N) is 2. The van der Waals surface area contributed by atoms with Crippen molar-refractivity contribution in [3.8, 4) is 0 Å². The Kier molecular flexibility index (Phi) is 6.74. The number of likely N-dealkylation sites (N-methyl/N-ethyl adjacent to an activating group) is 1. The first-order valence-corrected chi connectivity index (χ1v) is 8.48. The minimum atomic E-state index is -1.27. The molecule has 6 nitrogen and oxygen atoms in total. The first-order valence-electron chi connectivity index (χ1n) is 8.48. The van der Waals surface area contributed by atoms with E-state index in [0.717, 1.165) is 18.7 Å².